The second-order valence-corrected chi connectivity index (χ2v) is 9.40. The van der Waals surface area contributed by atoms with Crippen LogP contribution in [0.1, 0.15) is 36.1 Å². The van der Waals surface area contributed by atoms with Crippen LogP contribution in [0.25, 0.3) is 11.3 Å². The van der Waals surface area contributed by atoms with Gasteiger partial charge in [0.2, 0.25) is 5.91 Å². The van der Waals surface area contributed by atoms with Crippen molar-refractivity contribution in [1.82, 2.24) is 14.7 Å². The molecule has 2 aromatic carbocycles. The van der Waals surface area contributed by atoms with Gasteiger partial charge in [0.25, 0.3) is 5.91 Å². The molecule has 0 unspecified atom stereocenters. The molecule has 10 heteroatoms. The zero-order chi connectivity index (χ0) is 26.2. The summed E-state index contributed by atoms with van der Waals surface area (Å²) in [5.74, 6) is 0.539. The highest BCUT2D eigenvalue weighted by Gasteiger charge is 2.30. The zero-order valence-corrected chi connectivity index (χ0v) is 20.4. The van der Waals surface area contributed by atoms with Gasteiger partial charge in [0.15, 0.2) is 6.61 Å². The fourth-order valence-corrected chi connectivity index (χ4v) is 4.75. The summed E-state index contributed by atoms with van der Waals surface area (Å²) in [5.41, 5.74) is 3.07. The number of hydrogen-bond donors (Lipinski definition) is 0. The molecule has 0 aliphatic carbocycles. The summed E-state index contributed by atoms with van der Waals surface area (Å²) in [6, 6.07) is 12.5. The van der Waals surface area contributed by atoms with Gasteiger partial charge >= 0.3 is 6.18 Å². The van der Waals surface area contributed by atoms with Crippen molar-refractivity contribution in [3.05, 3.63) is 65.4 Å². The summed E-state index contributed by atoms with van der Waals surface area (Å²) in [7, 11) is 0. The second kappa shape index (κ2) is 9.91. The van der Waals surface area contributed by atoms with Crippen molar-refractivity contribution in [2.45, 2.75) is 45.5 Å². The molecular formula is C27H27F3N4O3. The predicted molar refractivity (Wildman–Crippen MR) is 131 cm³/mol. The Kier molecular flexibility index (Phi) is 6.66. The lowest BCUT2D eigenvalue weighted by Gasteiger charge is -2.30. The molecule has 0 atom stereocenters. The first-order valence-corrected chi connectivity index (χ1v) is 12.2. The van der Waals surface area contributed by atoms with E-state index in [0.717, 1.165) is 35.5 Å². The third kappa shape index (κ3) is 5.33. The number of hydrogen-bond acceptors (Lipinski definition) is 4. The zero-order valence-electron chi connectivity index (χ0n) is 20.4. The molecule has 37 heavy (non-hydrogen) atoms. The molecule has 3 heterocycles. The van der Waals surface area contributed by atoms with Crippen LogP contribution in [0.5, 0.6) is 5.75 Å². The number of aromatic nitrogens is 2. The van der Waals surface area contributed by atoms with Gasteiger partial charge in [0.05, 0.1) is 29.2 Å². The minimum atomic E-state index is -4.39. The number of carbonyl (C=O) groups excluding carboxylic acids is 2. The lowest BCUT2D eigenvalue weighted by molar-refractivity contribution is -0.137. The van der Waals surface area contributed by atoms with Gasteiger partial charge in [-0.05, 0) is 55.7 Å². The molecule has 5 rings (SSSR count). The van der Waals surface area contributed by atoms with E-state index in [1.807, 2.05) is 35.9 Å². The van der Waals surface area contributed by atoms with Crippen molar-refractivity contribution in [2.24, 2.45) is 0 Å². The maximum atomic E-state index is 13.1. The van der Waals surface area contributed by atoms with Crippen molar-refractivity contribution in [3.63, 3.8) is 0 Å². The van der Waals surface area contributed by atoms with Crippen LogP contribution in [-0.4, -0.2) is 46.2 Å². The third-order valence-corrected chi connectivity index (χ3v) is 6.70. The quantitative estimate of drug-likeness (QED) is 0.492. The van der Waals surface area contributed by atoms with Crippen LogP contribution in [0.3, 0.4) is 0 Å². The number of nitrogens with zero attached hydrogens (tertiary/aromatic N) is 4. The molecule has 0 fully saturated rings. The number of aryl methyl sites for hydroxylation is 2. The maximum absolute atomic E-state index is 13.1. The molecular weight excluding hydrogens is 485 g/mol. The molecule has 2 aliphatic heterocycles. The number of carbonyl (C=O) groups is 2. The van der Waals surface area contributed by atoms with Crippen LogP contribution in [0.15, 0.2) is 48.5 Å². The molecule has 2 amide bonds. The van der Waals surface area contributed by atoms with Crippen molar-refractivity contribution < 1.29 is 27.5 Å². The topological polar surface area (TPSA) is 67.7 Å². The summed E-state index contributed by atoms with van der Waals surface area (Å²) in [6.45, 7) is 3.96. The molecule has 194 valence electrons. The molecule has 0 spiro atoms. The number of benzene rings is 2. The highest BCUT2D eigenvalue weighted by molar-refractivity contribution is 5.98. The first kappa shape index (κ1) is 24.9. The highest BCUT2D eigenvalue weighted by atomic mass is 19.4. The predicted octanol–water partition coefficient (Wildman–Crippen LogP) is 4.82. The molecule has 0 radical (unpaired) electrons. The Hall–Kier alpha value is -3.82. The van der Waals surface area contributed by atoms with Gasteiger partial charge < -0.3 is 14.5 Å². The van der Waals surface area contributed by atoms with Crippen molar-refractivity contribution in [3.8, 4) is 17.0 Å². The summed E-state index contributed by atoms with van der Waals surface area (Å²) in [4.78, 5) is 29.0. The van der Waals surface area contributed by atoms with E-state index >= 15 is 0 Å². The molecule has 0 saturated heterocycles. The van der Waals surface area contributed by atoms with Gasteiger partial charge in [-0.1, -0.05) is 18.2 Å². The molecule has 3 aromatic rings. The summed E-state index contributed by atoms with van der Waals surface area (Å²) in [5, 5.41) is 4.57. The van der Waals surface area contributed by atoms with E-state index in [9.17, 15) is 22.8 Å². The highest BCUT2D eigenvalue weighted by Crippen LogP contribution is 2.33. The van der Waals surface area contributed by atoms with E-state index in [0.29, 0.717) is 56.0 Å². The summed E-state index contributed by atoms with van der Waals surface area (Å²) >= 11 is 0. The molecule has 7 nitrogen and oxygen atoms in total. The van der Waals surface area contributed by atoms with E-state index in [1.165, 1.54) is 12.1 Å². The van der Waals surface area contributed by atoms with Gasteiger partial charge in [0.1, 0.15) is 5.75 Å². The van der Waals surface area contributed by atoms with Crippen LogP contribution < -0.4 is 9.64 Å². The molecule has 2 aliphatic rings. The Labute approximate surface area is 212 Å². The van der Waals surface area contributed by atoms with Gasteiger partial charge in [0, 0.05) is 31.6 Å². The first-order chi connectivity index (χ1) is 17.7. The Morgan fingerprint density at radius 2 is 1.86 bits per heavy atom. The van der Waals surface area contributed by atoms with E-state index in [4.69, 9.17) is 4.74 Å². The number of halogens is 3. The Balaban J connectivity index is 1.22. The molecule has 1 aromatic heterocycles. The Morgan fingerprint density at radius 1 is 1.08 bits per heavy atom. The standard InChI is InChI=1S/C27H27F3N4O3/c1-18-5-10-24-23(14-18)33(26(36)17-37-24)12-2-4-25(35)32-11-3-13-34-21(16-32)15-22(31-34)19-6-8-20(9-7-19)27(28,29)30/h5-10,14-15H,2-4,11-13,16-17H2,1H3. The number of amides is 2. The van der Waals surface area contributed by atoms with Gasteiger partial charge in [-0.2, -0.15) is 18.3 Å². The lowest BCUT2D eigenvalue weighted by atomic mass is 10.1. The fraction of sp³-hybridized carbons (Fsp3) is 0.370. The lowest BCUT2D eigenvalue weighted by Crippen LogP contribution is -2.40. The van der Waals surface area contributed by atoms with Gasteiger partial charge in [-0.25, -0.2) is 0 Å². The number of rotatable bonds is 5. The normalized spacial score (nSPS) is 15.6. The number of anilines is 1. The van der Waals surface area contributed by atoms with Crippen molar-refractivity contribution in [2.75, 3.05) is 24.6 Å². The minimum Gasteiger partial charge on any atom is -0.482 e. The van der Waals surface area contributed by atoms with Crippen molar-refractivity contribution >= 4 is 17.5 Å². The number of alkyl halides is 3. The van der Waals surface area contributed by atoms with Crippen LogP contribution >= 0.6 is 0 Å². The SMILES string of the molecule is Cc1ccc2c(c1)N(CCCC(=O)N1CCCn3nc(-c4ccc(C(F)(F)F)cc4)cc3C1)C(=O)CO2. The minimum absolute atomic E-state index is 0.00379. The summed E-state index contributed by atoms with van der Waals surface area (Å²) < 4.78 is 46.0. The van der Waals surface area contributed by atoms with E-state index in [2.05, 4.69) is 5.10 Å². The largest absolute Gasteiger partial charge is 0.482 e. The van der Waals surface area contributed by atoms with E-state index < -0.39 is 11.7 Å². The Morgan fingerprint density at radius 3 is 2.62 bits per heavy atom. The van der Waals surface area contributed by atoms with Gasteiger partial charge in [-0.3, -0.25) is 14.3 Å². The smallest absolute Gasteiger partial charge is 0.416 e. The van der Waals surface area contributed by atoms with E-state index in [-0.39, 0.29) is 18.4 Å². The maximum Gasteiger partial charge on any atom is 0.416 e. The number of ether oxygens (including phenoxy) is 1. The average Bonchev–Trinajstić information content (AvgIpc) is 3.16. The van der Waals surface area contributed by atoms with Crippen LogP contribution in [0, 0.1) is 6.92 Å². The van der Waals surface area contributed by atoms with E-state index in [1.54, 1.807) is 9.80 Å². The average molecular weight is 513 g/mol. The fourth-order valence-electron chi connectivity index (χ4n) is 4.75. The van der Waals surface area contributed by atoms with Crippen molar-refractivity contribution in [1.29, 1.82) is 0 Å². The van der Waals surface area contributed by atoms with Crippen LogP contribution in [-0.2, 0) is 28.9 Å². The summed E-state index contributed by atoms with van der Waals surface area (Å²) in [6.07, 6.45) is -2.85. The Bertz CT molecular complexity index is 1320. The molecule has 0 N–H and O–H groups in total. The van der Waals surface area contributed by atoms with Gasteiger partial charge in [-0.15, -0.1) is 0 Å². The molecule has 0 bridgehead atoms. The van der Waals surface area contributed by atoms with Crippen LogP contribution in [0.2, 0.25) is 0 Å². The van der Waals surface area contributed by atoms with Crippen LogP contribution in [0.4, 0.5) is 18.9 Å². The monoisotopic (exact) mass is 512 g/mol. The molecule has 0 saturated carbocycles. The third-order valence-electron chi connectivity index (χ3n) is 6.70. The number of fused-ring (bicyclic) bond motifs is 2. The first-order valence-electron chi connectivity index (χ1n) is 12.2. The second-order valence-electron chi connectivity index (χ2n) is 9.40.